The highest BCUT2D eigenvalue weighted by Gasteiger charge is 2.23. The lowest BCUT2D eigenvalue weighted by Crippen LogP contribution is -2.25. The van der Waals surface area contributed by atoms with E-state index in [4.69, 9.17) is 0 Å². The lowest BCUT2D eigenvalue weighted by molar-refractivity contribution is 0.813. The van der Waals surface area contributed by atoms with E-state index in [2.05, 4.69) is 55.4 Å². The lowest BCUT2D eigenvalue weighted by atomic mass is 10.1. The number of benzene rings is 1. The molecule has 0 amide bonds. The van der Waals surface area contributed by atoms with Crippen LogP contribution in [0.25, 0.3) is 10.8 Å². The predicted molar refractivity (Wildman–Crippen MR) is 105 cm³/mol. The first-order valence-electron chi connectivity index (χ1n) is 9.15. The standard InChI is InChI=1S/C19H23N7/c1-3-26(4-2)19-24-17(21-14-9-10-14)23-18(25-19)22-16-15-8-6-5-7-13(15)11-12-20-16/h5-8,11-12,14H,3-4,9-10H2,1-2H3,(H2,20,21,22,23,24,25). The third-order valence-corrected chi connectivity index (χ3v) is 4.48. The topological polar surface area (TPSA) is 78.9 Å². The van der Waals surface area contributed by atoms with Gasteiger partial charge in [0.15, 0.2) is 0 Å². The molecule has 1 aliphatic rings. The van der Waals surface area contributed by atoms with E-state index >= 15 is 0 Å². The highest BCUT2D eigenvalue weighted by atomic mass is 15.3. The molecule has 0 atom stereocenters. The highest BCUT2D eigenvalue weighted by molar-refractivity contribution is 5.92. The van der Waals surface area contributed by atoms with Crippen molar-refractivity contribution in [3.8, 4) is 0 Å². The normalized spacial score (nSPS) is 13.6. The Labute approximate surface area is 152 Å². The maximum atomic E-state index is 4.62. The Kier molecular flexibility index (Phi) is 4.51. The molecule has 7 nitrogen and oxygen atoms in total. The van der Waals surface area contributed by atoms with Crippen molar-refractivity contribution in [1.82, 2.24) is 19.9 Å². The van der Waals surface area contributed by atoms with Gasteiger partial charge >= 0.3 is 0 Å². The van der Waals surface area contributed by atoms with Crippen molar-refractivity contribution >= 4 is 34.4 Å². The quantitative estimate of drug-likeness (QED) is 0.675. The molecule has 26 heavy (non-hydrogen) atoms. The number of nitrogens with one attached hydrogen (secondary N) is 2. The summed E-state index contributed by atoms with van der Waals surface area (Å²) in [6, 6.07) is 10.6. The molecule has 2 heterocycles. The van der Waals surface area contributed by atoms with Gasteiger partial charge in [0.05, 0.1) is 0 Å². The van der Waals surface area contributed by atoms with Gasteiger partial charge in [0.1, 0.15) is 5.82 Å². The Morgan fingerprint density at radius 2 is 1.77 bits per heavy atom. The molecular weight excluding hydrogens is 326 g/mol. The van der Waals surface area contributed by atoms with Crippen LogP contribution in [0.5, 0.6) is 0 Å². The van der Waals surface area contributed by atoms with Crippen molar-refractivity contribution in [1.29, 1.82) is 0 Å². The van der Waals surface area contributed by atoms with Gasteiger partial charge in [-0.15, -0.1) is 0 Å². The molecule has 0 bridgehead atoms. The van der Waals surface area contributed by atoms with E-state index in [0.717, 1.165) is 29.7 Å². The van der Waals surface area contributed by atoms with Crippen molar-refractivity contribution in [2.24, 2.45) is 0 Å². The molecule has 1 fully saturated rings. The summed E-state index contributed by atoms with van der Waals surface area (Å²) in [5.41, 5.74) is 0. The van der Waals surface area contributed by atoms with Gasteiger partial charge in [0.2, 0.25) is 17.8 Å². The molecule has 1 saturated carbocycles. The first kappa shape index (κ1) is 16.5. The molecule has 2 N–H and O–H groups in total. The van der Waals surface area contributed by atoms with Crippen LogP contribution in [0.3, 0.4) is 0 Å². The van der Waals surface area contributed by atoms with Gasteiger partial charge in [-0.2, -0.15) is 15.0 Å². The number of aromatic nitrogens is 4. The minimum Gasteiger partial charge on any atom is -0.351 e. The van der Waals surface area contributed by atoms with Crippen LogP contribution in [0.2, 0.25) is 0 Å². The molecular formula is C19H23N7. The van der Waals surface area contributed by atoms with Gasteiger partial charge in [-0.05, 0) is 38.1 Å². The Morgan fingerprint density at radius 1 is 1.00 bits per heavy atom. The van der Waals surface area contributed by atoms with Crippen molar-refractivity contribution in [2.45, 2.75) is 32.7 Å². The predicted octanol–water partition coefficient (Wildman–Crippen LogP) is 3.58. The van der Waals surface area contributed by atoms with Gasteiger partial charge in [-0.1, -0.05) is 24.3 Å². The minimum atomic E-state index is 0.477. The molecule has 0 saturated heterocycles. The second-order valence-electron chi connectivity index (χ2n) is 6.38. The summed E-state index contributed by atoms with van der Waals surface area (Å²) < 4.78 is 0. The number of nitrogens with zero attached hydrogens (tertiary/aromatic N) is 5. The molecule has 0 aliphatic heterocycles. The maximum absolute atomic E-state index is 4.62. The highest BCUT2D eigenvalue weighted by Crippen LogP contribution is 2.26. The molecule has 1 aliphatic carbocycles. The van der Waals surface area contributed by atoms with E-state index in [1.165, 1.54) is 12.8 Å². The van der Waals surface area contributed by atoms with Crippen LogP contribution in [-0.2, 0) is 0 Å². The fourth-order valence-corrected chi connectivity index (χ4v) is 2.87. The lowest BCUT2D eigenvalue weighted by Gasteiger charge is -2.20. The zero-order valence-electron chi connectivity index (χ0n) is 15.1. The molecule has 4 rings (SSSR count). The van der Waals surface area contributed by atoms with E-state index in [1.54, 1.807) is 6.20 Å². The number of pyridine rings is 1. The van der Waals surface area contributed by atoms with Crippen LogP contribution < -0.4 is 15.5 Å². The third kappa shape index (κ3) is 3.51. The van der Waals surface area contributed by atoms with E-state index in [1.807, 2.05) is 24.3 Å². The summed E-state index contributed by atoms with van der Waals surface area (Å²) in [5, 5.41) is 8.82. The number of anilines is 4. The average molecular weight is 349 g/mol. The van der Waals surface area contributed by atoms with Gasteiger partial charge in [0.25, 0.3) is 0 Å². The van der Waals surface area contributed by atoms with Crippen LogP contribution in [0.1, 0.15) is 26.7 Å². The second kappa shape index (κ2) is 7.11. The number of rotatable bonds is 7. The van der Waals surface area contributed by atoms with Gasteiger partial charge in [-0.25, -0.2) is 4.98 Å². The molecule has 0 spiro atoms. The first-order valence-corrected chi connectivity index (χ1v) is 9.15. The van der Waals surface area contributed by atoms with Crippen LogP contribution in [-0.4, -0.2) is 39.1 Å². The zero-order chi connectivity index (χ0) is 17.9. The summed E-state index contributed by atoms with van der Waals surface area (Å²) in [6.45, 7) is 5.88. The summed E-state index contributed by atoms with van der Waals surface area (Å²) in [6.07, 6.45) is 4.13. The molecule has 7 heteroatoms. The third-order valence-electron chi connectivity index (χ3n) is 4.48. The number of hydrogen-bond donors (Lipinski definition) is 2. The van der Waals surface area contributed by atoms with Gasteiger partial charge < -0.3 is 15.5 Å². The SMILES string of the molecule is CCN(CC)c1nc(Nc2nccc3ccccc23)nc(NC2CC2)n1. The molecule has 2 aromatic heterocycles. The molecule has 0 radical (unpaired) electrons. The minimum absolute atomic E-state index is 0.477. The summed E-state index contributed by atoms with van der Waals surface area (Å²) in [7, 11) is 0. The molecule has 134 valence electrons. The van der Waals surface area contributed by atoms with Crippen molar-refractivity contribution in [3.05, 3.63) is 36.5 Å². The second-order valence-corrected chi connectivity index (χ2v) is 6.38. The fraction of sp³-hybridized carbons (Fsp3) is 0.368. The maximum Gasteiger partial charge on any atom is 0.235 e. The van der Waals surface area contributed by atoms with Crippen molar-refractivity contribution in [2.75, 3.05) is 28.6 Å². The van der Waals surface area contributed by atoms with Gasteiger partial charge in [0, 0.05) is 30.7 Å². The number of hydrogen-bond acceptors (Lipinski definition) is 7. The van der Waals surface area contributed by atoms with Crippen molar-refractivity contribution in [3.63, 3.8) is 0 Å². The van der Waals surface area contributed by atoms with E-state index in [-0.39, 0.29) is 0 Å². The largest absolute Gasteiger partial charge is 0.351 e. The Morgan fingerprint density at radius 3 is 2.54 bits per heavy atom. The van der Waals surface area contributed by atoms with E-state index < -0.39 is 0 Å². The van der Waals surface area contributed by atoms with E-state index in [0.29, 0.717) is 23.9 Å². The molecule has 1 aromatic carbocycles. The smallest absolute Gasteiger partial charge is 0.235 e. The Bertz CT molecular complexity index is 898. The first-order chi connectivity index (χ1) is 12.8. The van der Waals surface area contributed by atoms with Crippen LogP contribution in [0, 0.1) is 0 Å². The fourth-order valence-electron chi connectivity index (χ4n) is 2.87. The van der Waals surface area contributed by atoms with Gasteiger partial charge in [-0.3, -0.25) is 0 Å². The van der Waals surface area contributed by atoms with Crippen LogP contribution in [0.15, 0.2) is 36.5 Å². The molecule has 0 unspecified atom stereocenters. The van der Waals surface area contributed by atoms with Crippen LogP contribution in [0.4, 0.5) is 23.7 Å². The average Bonchev–Trinajstić information content (AvgIpc) is 3.47. The van der Waals surface area contributed by atoms with Crippen LogP contribution >= 0.6 is 0 Å². The summed E-state index contributed by atoms with van der Waals surface area (Å²) >= 11 is 0. The van der Waals surface area contributed by atoms with Crippen molar-refractivity contribution < 1.29 is 0 Å². The summed E-state index contributed by atoms with van der Waals surface area (Å²) in [5.74, 6) is 2.55. The monoisotopic (exact) mass is 349 g/mol. The Balaban J connectivity index is 1.70. The number of fused-ring (bicyclic) bond motifs is 1. The molecule has 3 aromatic rings. The zero-order valence-corrected chi connectivity index (χ0v) is 15.1. The van der Waals surface area contributed by atoms with E-state index in [9.17, 15) is 0 Å². The Hall–Kier alpha value is -2.96. The summed E-state index contributed by atoms with van der Waals surface area (Å²) in [4.78, 5) is 20.4.